The van der Waals surface area contributed by atoms with Crippen LogP contribution in [0.15, 0.2) is 48.7 Å². The van der Waals surface area contributed by atoms with Gasteiger partial charge < -0.3 is 14.8 Å². The topological polar surface area (TPSA) is 101 Å². The summed E-state index contributed by atoms with van der Waals surface area (Å²) in [5.41, 5.74) is 3.95. The maximum Gasteiger partial charge on any atom is 0.306 e. The SMILES string of the molecule is Cc1ccc2[nH]c(-c3ccc(-c4ccc(OC5CC(C(=O)O)C5)nc4)cc3F)nc2n1. The molecular formula is C23H19FN4O3. The van der Waals surface area contributed by atoms with Crippen molar-refractivity contribution in [2.45, 2.75) is 25.9 Å². The van der Waals surface area contributed by atoms with E-state index in [2.05, 4.69) is 19.9 Å². The van der Waals surface area contributed by atoms with Crippen LogP contribution in [0.1, 0.15) is 18.5 Å². The van der Waals surface area contributed by atoms with Crippen LogP contribution in [0.25, 0.3) is 33.7 Å². The Hall–Kier alpha value is -3.81. The zero-order valence-electron chi connectivity index (χ0n) is 16.7. The third kappa shape index (κ3) is 3.72. The molecule has 0 aliphatic heterocycles. The Morgan fingerprint density at radius 2 is 1.94 bits per heavy atom. The number of fused-ring (bicyclic) bond motifs is 1. The molecule has 0 saturated heterocycles. The van der Waals surface area contributed by atoms with Gasteiger partial charge in [0.1, 0.15) is 17.7 Å². The number of rotatable bonds is 5. The molecule has 1 aliphatic carbocycles. The summed E-state index contributed by atoms with van der Waals surface area (Å²) in [6.45, 7) is 1.88. The number of carbonyl (C=O) groups is 1. The fraction of sp³-hybridized carbons (Fsp3) is 0.217. The molecular weight excluding hydrogens is 399 g/mol. The Balaban J connectivity index is 1.33. The lowest BCUT2D eigenvalue weighted by atomic mass is 9.82. The molecule has 8 heteroatoms. The molecule has 0 spiro atoms. The quantitative estimate of drug-likeness (QED) is 0.499. The number of hydrogen-bond donors (Lipinski definition) is 2. The number of aromatic amines is 1. The summed E-state index contributed by atoms with van der Waals surface area (Å²) in [5, 5.41) is 8.93. The van der Waals surface area contributed by atoms with Crippen molar-refractivity contribution in [1.29, 1.82) is 0 Å². The van der Waals surface area contributed by atoms with Crippen molar-refractivity contribution < 1.29 is 19.0 Å². The normalized spacial score (nSPS) is 18.0. The van der Waals surface area contributed by atoms with Crippen molar-refractivity contribution >= 4 is 17.1 Å². The van der Waals surface area contributed by atoms with Crippen LogP contribution in [-0.4, -0.2) is 37.1 Å². The molecule has 1 aliphatic rings. The summed E-state index contributed by atoms with van der Waals surface area (Å²) < 4.78 is 20.6. The predicted octanol–water partition coefficient (Wildman–Crippen LogP) is 4.38. The highest BCUT2D eigenvalue weighted by Crippen LogP contribution is 2.32. The van der Waals surface area contributed by atoms with Gasteiger partial charge in [0.05, 0.1) is 17.0 Å². The molecule has 0 radical (unpaired) electrons. The summed E-state index contributed by atoms with van der Waals surface area (Å²) in [4.78, 5) is 27.0. The number of aromatic nitrogens is 4. The Morgan fingerprint density at radius 3 is 2.65 bits per heavy atom. The van der Waals surface area contributed by atoms with Crippen molar-refractivity contribution in [3.8, 4) is 28.4 Å². The van der Waals surface area contributed by atoms with E-state index in [1.54, 1.807) is 24.4 Å². The van der Waals surface area contributed by atoms with Gasteiger partial charge in [0, 0.05) is 23.5 Å². The summed E-state index contributed by atoms with van der Waals surface area (Å²) >= 11 is 0. The molecule has 0 bridgehead atoms. The van der Waals surface area contributed by atoms with Crippen LogP contribution < -0.4 is 4.74 Å². The number of hydrogen-bond acceptors (Lipinski definition) is 5. The van der Waals surface area contributed by atoms with Crippen LogP contribution in [0.3, 0.4) is 0 Å². The number of ether oxygens (including phenoxy) is 1. The number of imidazole rings is 1. The Labute approximate surface area is 177 Å². The molecule has 156 valence electrons. The van der Waals surface area contributed by atoms with E-state index in [0.29, 0.717) is 41.3 Å². The number of benzene rings is 1. The van der Waals surface area contributed by atoms with Crippen molar-refractivity contribution in [3.05, 3.63) is 60.2 Å². The van der Waals surface area contributed by atoms with Gasteiger partial charge in [0.15, 0.2) is 5.65 Å². The second kappa shape index (κ2) is 7.46. The smallest absolute Gasteiger partial charge is 0.306 e. The molecule has 3 heterocycles. The minimum Gasteiger partial charge on any atom is -0.481 e. The Bertz CT molecular complexity index is 1280. The Morgan fingerprint density at radius 1 is 1.13 bits per heavy atom. The number of halogens is 1. The molecule has 2 N–H and O–H groups in total. The molecule has 4 aromatic rings. The lowest BCUT2D eigenvalue weighted by molar-refractivity contribution is -0.148. The zero-order valence-corrected chi connectivity index (χ0v) is 16.7. The Kier molecular flexibility index (Phi) is 4.62. The number of carboxylic acids is 1. The van der Waals surface area contributed by atoms with Crippen LogP contribution in [0.5, 0.6) is 5.88 Å². The van der Waals surface area contributed by atoms with E-state index in [1.807, 2.05) is 25.1 Å². The van der Waals surface area contributed by atoms with Gasteiger partial charge in [-0.1, -0.05) is 6.07 Å². The minimum absolute atomic E-state index is 0.127. The van der Waals surface area contributed by atoms with Gasteiger partial charge in [-0.15, -0.1) is 0 Å². The highest BCUT2D eigenvalue weighted by molar-refractivity contribution is 5.77. The lowest BCUT2D eigenvalue weighted by Crippen LogP contribution is -2.38. The molecule has 5 rings (SSSR count). The minimum atomic E-state index is -0.789. The summed E-state index contributed by atoms with van der Waals surface area (Å²) in [6.07, 6.45) is 2.47. The summed E-state index contributed by atoms with van der Waals surface area (Å²) in [6, 6.07) is 12.2. The van der Waals surface area contributed by atoms with Crippen molar-refractivity contribution in [1.82, 2.24) is 19.9 Å². The van der Waals surface area contributed by atoms with Crippen molar-refractivity contribution in [2.75, 3.05) is 0 Å². The average Bonchev–Trinajstić information content (AvgIpc) is 3.13. The molecule has 1 fully saturated rings. The van der Waals surface area contributed by atoms with Gasteiger partial charge in [-0.25, -0.2) is 19.3 Å². The number of H-pyrrole nitrogens is 1. The third-order valence-electron chi connectivity index (χ3n) is 5.51. The van der Waals surface area contributed by atoms with Crippen molar-refractivity contribution in [2.24, 2.45) is 5.92 Å². The van der Waals surface area contributed by atoms with E-state index in [-0.39, 0.29) is 12.0 Å². The van der Waals surface area contributed by atoms with Crippen LogP contribution >= 0.6 is 0 Å². The van der Waals surface area contributed by atoms with Gasteiger partial charge in [-0.3, -0.25) is 4.79 Å². The number of carboxylic acid groups (broad SMARTS) is 1. The van der Waals surface area contributed by atoms with Crippen molar-refractivity contribution in [3.63, 3.8) is 0 Å². The van der Waals surface area contributed by atoms with Gasteiger partial charge in [0.25, 0.3) is 0 Å². The van der Waals surface area contributed by atoms with Crippen LogP contribution in [0.2, 0.25) is 0 Å². The standard InChI is InChI=1S/C23H19FN4O3/c1-12-2-6-19-22(26-12)28-21(27-19)17-5-3-13(10-18(17)24)14-4-7-20(25-11-14)31-16-8-15(9-16)23(29)30/h2-7,10-11,15-16H,8-9H2,1H3,(H,29,30)(H,26,27,28). The number of nitrogens with one attached hydrogen (secondary N) is 1. The van der Waals surface area contributed by atoms with Gasteiger partial charge in [-0.2, -0.15) is 0 Å². The van der Waals surface area contributed by atoms with E-state index in [0.717, 1.165) is 16.8 Å². The molecule has 31 heavy (non-hydrogen) atoms. The molecule has 0 amide bonds. The molecule has 7 nitrogen and oxygen atoms in total. The largest absolute Gasteiger partial charge is 0.481 e. The highest BCUT2D eigenvalue weighted by atomic mass is 19.1. The van der Waals surface area contributed by atoms with E-state index in [1.165, 1.54) is 6.07 Å². The van der Waals surface area contributed by atoms with Crippen LogP contribution in [0, 0.1) is 18.7 Å². The first-order valence-electron chi connectivity index (χ1n) is 9.95. The lowest BCUT2D eigenvalue weighted by Gasteiger charge is -2.31. The maximum atomic E-state index is 14.9. The number of aryl methyl sites for hydroxylation is 1. The molecule has 3 aromatic heterocycles. The van der Waals surface area contributed by atoms with Crippen LogP contribution in [-0.2, 0) is 4.79 Å². The maximum absolute atomic E-state index is 14.9. The van der Waals surface area contributed by atoms with Gasteiger partial charge in [-0.05, 0) is 55.7 Å². The van der Waals surface area contributed by atoms with E-state index in [9.17, 15) is 9.18 Å². The third-order valence-corrected chi connectivity index (χ3v) is 5.51. The van der Waals surface area contributed by atoms with E-state index in [4.69, 9.17) is 9.84 Å². The highest BCUT2D eigenvalue weighted by Gasteiger charge is 2.36. The average molecular weight is 418 g/mol. The fourth-order valence-electron chi connectivity index (χ4n) is 3.66. The molecule has 0 atom stereocenters. The number of nitrogens with zero attached hydrogens (tertiary/aromatic N) is 3. The van der Waals surface area contributed by atoms with E-state index >= 15 is 0 Å². The molecule has 1 saturated carbocycles. The second-order valence-electron chi connectivity index (χ2n) is 7.74. The first-order chi connectivity index (χ1) is 15.0. The zero-order chi connectivity index (χ0) is 21.5. The van der Waals surface area contributed by atoms with Gasteiger partial charge >= 0.3 is 5.97 Å². The second-order valence-corrected chi connectivity index (χ2v) is 7.74. The number of pyridine rings is 2. The van der Waals surface area contributed by atoms with Gasteiger partial charge in [0.2, 0.25) is 5.88 Å². The molecule has 1 aromatic carbocycles. The first kappa shape index (κ1) is 19.2. The number of aliphatic carboxylic acids is 1. The predicted molar refractivity (Wildman–Crippen MR) is 112 cm³/mol. The van der Waals surface area contributed by atoms with Crippen LogP contribution in [0.4, 0.5) is 4.39 Å². The monoisotopic (exact) mass is 418 g/mol. The first-order valence-corrected chi connectivity index (χ1v) is 9.95. The summed E-state index contributed by atoms with van der Waals surface area (Å²) in [7, 11) is 0. The van der Waals surface area contributed by atoms with E-state index < -0.39 is 11.8 Å². The molecule has 0 unspecified atom stereocenters. The fourth-order valence-corrected chi connectivity index (χ4v) is 3.66. The summed E-state index contributed by atoms with van der Waals surface area (Å²) in [5.74, 6) is -0.665.